The number of nitrogens with zero attached hydrogens (tertiary/aromatic N) is 1. The van der Waals surface area contributed by atoms with E-state index in [1.165, 1.54) is 0 Å². The SMILES string of the molecule is O=C(N/N=C(\c1ccccc1)[C@@H](O)c1ccccc1)c1cccc(Cl)c1. The zero-order valence-corrected chi connectivity index (χ0v) is 14.6. The quantitative estimate of drug-likeness (QED) is 0.526. The molecule has 4 nitrogen and oxygen atoms in total. The lowest BCUT2D eigenvalue weighted by atomic mass is 9.99. The van der Waals surface area contributed by atoms with E-state index in [-0.39, 0.29) is 0 Å². The number of benzene rings is 3. The molecule has 0 heterocycles. The molecule has 0 aromatic heterocycles. The Kier molecular flexibility index (Phi) is 5.79. The predicted molar refractivity (Wildman–Crippen MR) is 103 cm³/mol. The molecule has 5 heteroatoms. The Morgan fingerprint density at radius 3 is 2.15 bits per heavy atom. The highest BCUT2D eigenvalue weighted by atomic mass is 35.5. The average molecular weight is 365 g/mol. The van der Waals surface area contributed by atoms with Crippen LogP contribution in [0.25, 0.3) is 0 Å². The number of nitrogens with one attached hydrogen (secondary N) is 1. The van der Waals surface area contributed by atoms with Gasteiger partial charge >= 0.3 is 0 Å². The third kappa shape index (κ3) is 4.36. The van der Waals surface area contributed by atoms with Crippen LogP contribution in [0.15, 0.2) is 90.0 Å². The van der Waals surface area contributed by atoms with Crippen LogP contribution in [0.5, 0.6) is 0 Å². The van der Waals surface area contributed by atoms with E-state index in [1.54, 1.807) is 24.3 Å². The number of carbonyl (C=O) groups excluding carboxylic acids is 1. The predicted octanol–water partition coefficient (Wildman–Crippen LogP) is 4.21. The fourth-order valence-corrected chi connectivity index (χ4v) is 2.68. The van der Waals surface area contributed by atoms with Gasteiger partial charge in [0.2, 0.25) is 0 Å². The largest absolute Gasteiger partial charge is 0.382 e. The maximum absolute atomic E-state index is 12.3. The fraction of sp³-hybridized carbons (Fsp3) is 0.0476. The Balaban J connectivity index is 1.90. The molecular weight excluding hydrogens is 348 g/mol. The van der Waals surface area contributed by atoms with Crippen LogP contribution in [0, 0.1) is 0 Å². The van der Waals surface area contributed by atoms with E-state index in [0.717, 1.165) is 5.56 Å². The molecule has 0 spiro atoms. The van der Waals surface area contributed by atoms with Gasteiger partial charge in [0.15, 0.2) is 0 Å². The first-order valence-corrected chi connectivity index (χ1v) is 8.45. The van der Waals surface area contributed by atoms with Crippen molar-refractivity contribution in [2.45, 2.75) is 6.10 Å². The maximum Gasteiger partial charge on any atom is 0.271 e. The second-order valence-electron chi connectivity index (χ2n) is 5.63. The van der Waals surface area contributed by atoms with E-state index < -0.39 is 12.0 Å². The van der Waals surface area contributed by atoms with Crippen molar-refractivity contribution in [2.75, 3.05) is 0 Å². The Bertz CT molecular complexity index is 912. The Hall–Kier alpha value is -2.95. The first kappa shape index (κ1) is 17.9. The Morgan fingerprint density at radius 1 is 0.885 bits per heavy atom. The van der Waals surface area contributed by atoms with Crippen LogP contribution in [0.1, 0.15) is 27.6 Å². The highest BCUT2D eigenvalue weighted by Crippen LogP contribution is 2.19. The number of aliphatic hydroxyl groups is 1. The minimum absolute atomic E-state index is 0.354. The van der Waals surface area contributed by atoms with Crippen molar-refractivity contribution in [3.05, 3.63) is 107 Å². The highest BCUT2D eigenvalue weighted by Gasteiger charge is 2.18. The molecule has 1 atom stereocenters. The molecule has 26 heavy (non-hydrogen) atoms. The molecule has 1 amide bonds. The number of hydrogen-bond acceptors (Lipinski definition) is 3. The van der Waals surface area contributed by atoms with Crippen LogP contribution >= 0.6 is 11.6 Å². The molecule has 0 aliphatic rings. The summed E-state index contributed by atoms with van der Waals surface area (Å²) in [6.07, 6.45) is -0.974. The Labute approximate surface area is 156 Å². The molecule has 0 aliphatic heterocycles. The van der Waals surface area contributed by atoms with E-state index in [9.17, 15) is 9.90 Å². The maximum atomic E-state index is 12.3. The van der Waals surface area contributed by atoms with E-state index in [2.05, 4.69) is 10.5 Å². The molecule has 130 valence electrons. The van der Waals surface area contributed by atoms with Gasteiger partial charge in [-0.15, -0.1) is 0 Å². The minimum Gasteiger partial charge on any atom is -0.382 e. The van der Waals surface area contributed by atoms with Gasteiger partial charge in [-0.2, -0.15) is 5.10 Å². The molecule has 0 bridgehead atoms. The van der Waals surface area contributed by atoms with Gasteiger partial charge in [0.05, 0.1) is 0 Å². The monoisotopic (exact) mass is 364 g/mol. The number of amides is 1. The molecule has 2 N–H and O–H groups in total. The minimum atomic E-state index is -0.974. The van der Waals surface area contributed by atoms with Crippen molar-refractivity contribution in [2.24, 2.45) is 5.10 Å². The first-order valence-electron chi connectivity index (χ1n) is 8.07. The van der Waals surface area contributed by atoms with Gasteiger partial charge < -0.3 is 5.11 Å². The number of hydrogen-bond donors (Lipinski definition) is 2. The van der Waals surface area contributed by atoms with E-state index in [4.69, 9.17) is 11.6 Å². The number of aliphatic hydroxyl groups excluding tert-OH is 1. The molecule has 3 aromatic rings. The van der Waals surface area contributed by atoms with Gasteiger partial charge in [-0.05, 0) is 23.8 Å². The van der Waals surface area contributed by atoms with Crippen molar-refractivity contribution in [1.29, 1.82) is 0 Å². The summed E-state index contributed by atoms with van der Waals surface area (Å²) >= 11 is 5.92. The summed E-state index contributed by atoms with van der Waals surface area (Å²) in [6.45, 7) is 0. The van der Waals surface area contributed by atoms with Crippen LogP contribution in [-0.2, 0) is 0 Å². The lowest BCUT2D eigenvalue weighted by molar-refractivity contribution is 0.0954. The van der Waals surface area contributed by atoms with Crippen molar-refractivity contribution in [1.82, 2.24) is 5.43 Å². The molecule has 0 fully saturated rings. The standard InChI is InChI=1S/C21H17ClN2O2/c22-18-13-7-12-17(14-18)21(26)24-23-19(15-8-3-1-4-9-15)20(25)16-10-5-2-6-11-16/h1-14,20,25H,(H,24,26)/b23-19+/t20-/m0/s1. The third-order valence-electron chi connectivity index (χ3n) is 3.81. The fourth-order valence-electron chi connectivity index (χ4n) is 2.49. The molecule has 0 saturated carbocycles. The molecule has 3 aromatic carbocycles. The topological polar surface area (TPSA) is 61.7 Å². The first-order chi connectivity index (χ1) is 12.6. The number of carbonyl (C=O) groups is 1. The van der Waals surface area contributed by atoms with Crippen LogP contribution in [0.2, 0.25) is 5.02 Å². The van der Waals surface area contributed by atoms with Crippen LogP contribution < -0.4 is 5.43 Å². The second kappa shape index (κ2) is 8.43. The summed E-state index contributed by atoms with van der Waals surface area (Å²) in [5, 5.41) is 15.4. The van der Waals surface area contributed by atoms with Gasteiger partial charge in [-0.1, -0.05) is 78.3 Å². The summed E-state index contributed by atoms with van der Waals surface area (Å²) in [7, 11) is 0. The Morgan fingerprint density at radius 2 is 1.50 bits per heavy atom. The van der Waals surface area contributed by atoms with E-state index >= 15 is 0 Å². The molecule has 0 unspecified atom stereocenters. The summed E-state index contributed by atoms with van der Waals surface area (Å²) in [6, 6.07) is 25.0. The third-order valence-corrected chi connectivity index (χ3v) is 4.04. The average Bonchev–Trinajstić information content (AvgIpc) is 2.69. The molecular formula is C21H17ClN2O2. The second-order valence-corrected chi connectivity index (χ2v) is 6.06. The number of hydrazone groups is 1. The smallest absolute Gasteiger partial charge is 0.271 e. The van der Waals surface area contributed by atoms with Gasteiger partial charge in [0.25, 0.3) is 5.91 Å². The van der Waals surface area contributed by atoms with Crippen LogP contribution in [-0.4, -0.2) is 16.7 Å². The summed E-state index contributed by atoms with van der Waals surface area (Å²) in [5.74, 6) is -0.402. The van der Waals surface area contributed by atoms with Gasteiger partial charge in [0.1, 0.15) is 11.8 Å². The normalized spacial score (nSPS) is 12.5. The lowest BCUT2D eigenvalue weighted by Gasteiger charge is -2.15. The van der Waals surface area contributed by atoms with Crippen molar-refractivity contribution < 1.29 is 9.90 Å². The van der Waals surface area contributed by atoms with Crippen molar-refractivity contribution in [3.8, 4) is 0 Å². The summed E-state index contributed by atoms with van der Waals surface area (Å²) < 4.78 is 0. The zero-order chi connectivity index (χ0) is 18.4. The summed E-state index contributed by atoms with van der Waals surface area (Å²) in [5.41, 5.74) is 4.66. The molecule has 0 aliphatic carbocycles. The molecule has 0 saturated heterocycles. The van der Waals surface area contributed by atoms with Crippen LogP contribution in [0.4, 0.5) is 0 Å². The molecule has 3 rings (SSSR count). The van der Waals surface area contributed by atoms with Gasteiger partial charge in [-0.25, -0.2) is 5.43 Å². The lowest BCUT2D eigenvalue weighted by Crippen LogP contribution is -2.23. The molecule has 0 radical (unpaired) electrons. The number of halogens is 1. The van der Waals surface area contributed by atoms with Crippen molar-refractivity contribution >= 4 is 23.2 Å². The van der Waals surface area contributed by atoms with Gasteiger partial charge in [-0.3, -0.25) is 4.79 Å². The zero-order valence-electron chi connectivity index (χ0n) is 13.8. The number of rotatable bonds is 5. The van der Waals surface area contributed by atoms with Crippen LogP contribution in [0.3, 0.4) is 0 Å². The van der Waals surface area contributed by atoms with E-state index in [1.807, 2.05) is 60.7 Å². The van der Waals surface area contributed by atoms with Crippen molar-refractivity contribution in [3.63, 3.8) is 0 Å². The van der Waals surface area contributed by atoms with E-state index in [0.29, 0.717) is 21.9 Å². The highest BCUT2D eigenvalue weighted by molar-refractivity contribution is 6.31. The summed E-state index contributed by atoms with van der Waals surface area (Å²) in [4.78, 5) is 12.3. The van der Waals surface area contributed by atoms with Gasteiger partial charge in [0, 0.05) is 16.1 Å².